The largest absolute Gasteiger partial charge is 0.330 e. The maximum Gasteiger partial charge on any atom is 0.158 e. The van der Waals surface area contributed by atoms with Crippen molar-refractivity contribution in [1.82, 2.24) is 9.78 Å². The monoisotopic (exact) mass is 263 g/mol. The van der Waals surface area contributed by atoms with E-state index in [1.54, 1.807) is 0 Å². The Kier molecular flexibility index (Phi) is 2.83. The minimum atomic E-state index is 0.122. The molecule has 0 saturated heterocycles. The molecule has 96 valence electrons. The molecule has 1 heterocycles. The molecular weight excluding hydrogens is 246 g/mol. The Bertz CT molecular complexity index is 582. The maximum absolute atomic E-state index is 6.18. The number of nitrogens with zero attached hydrogens (tertiary/aromatic N) is 2. The molecule has 0 bridgehead atoms. The van der Waals surface area contributed by atoms with Gasteiger partial charge < -0.3 is 5.73 Å². The van der Waals surface area contributed by atoms with Crippen LogP contribution < -0.4 is 5.73 Å². The predicted molar refractivity (Wildman–Crippen MR) is 74.9 cm³/mol. The van der Waals surface area contributed by atoms with Crippen molar-refractivity contribution < 1.29 is 0 Å². The van der Waals surface area contributed by atoms with Gasteiger partial charge in [-0.2, -0.15) is 5.10 Å². The summed E-state index contributed by atoms with van der Waals surface area (Å²) in [6.07, 6.45) is 4.87. The highest BCUT2D eigenvalue weighted by atomic mass is 35.5. The smallest absolute Gasteiger partial charge is 0.158 e. The lowest BCUT2D eigenvalue weighted by molar-refractivity contribution is 0.455. The Morgan fingerprint density at radius 1 is 1.39 bits per heavy atom. The third-order valence-electron chi connectivity index (χ3n) is 4.34. The molecule has 1 fully saturated rings. The zero-order valence-corrected chi connectivity index (χ0v) is 11.4. The Morgan fingerprint density at radius 2 is 2.11 bits per heavy atom. The molecule has 0 atom stereocenters. The van der Waals surface area contributed by atoms with Gasteiger partial charge in [-0.05, 0) is 24.5 Å². The van der Waals surface area contributed by atoms with E-state index in [-0.39, 0.29) is 5.41 Å². The maximum atomic E-state index is 6.18. The first-order valence-electron chi connectivity index (χ1n) is 6.50. The number of aryl methyl sites for hydroxylation is 1. The van der Waals surface area contributed by atoms with Crippen LogP contribution in [-0.4, -0.2) is 16.3 Å². The van der Waals surface area contributed by atoms with Crippen LogP contribution in [0.3, 0.4) is 0 Å². The fourth-order valence-electron chi connectivity index (χ4n) is 3.36. The lowest BCUT2D eigenvalue weighted by atomic mass is 9.78. The second kappa shape index (κ2) is 4.25. The Balaban J connectivity index is 2.28. The van der Waals surface area contributed by atoms with Gasteiger partial charge in [0, 0.05) is 24.4 Å². The van der Waals surface area contributed by atoms with Crippen molar-refractivity contribution in [3.8, 4) is 0 Å². The van der Waals surface area contributed by atoms with Gasteiger partial charge in [0.2, 0.25) is 0 Å². The van der Waals surface area contributed by atoms with Gasteiger partial charge >= 0.3 is 0 Å². The van der Waals surface area contributed by atoms with Crippen molar-refractivity contribution in [3.05, 3.63) is 28.9 Å². The van der Waals surface area contributed by atoms with E-state index in [2.05, 4.69) is 17.2 Å². The first kappa shape index (κ1) is 12.0. The van der Waals surface area contributed by atoms with Gasteiger partial charge in [-0.3, -0.25) is 4.68 Å². The van der Waals surface area contributed by atoms with E-state index in [9.17, 15) is 0 Å². The van der Waals surface area contributed by atoms with Crippen LogP contribution in [0.5, 0.6) is 0 Å². The molecule has 0 radical (unpaired) electrons. The molecule has 3 rings (SSSR count). The SMILES string of the molecule is Cn1nc(Cl)c2cccc(C3(CN)CCCC3)c21. The summed E-state index contributed by atoms with van der Waals surface area (Å²) in [5.41, 5.74) is 8.68. The van der Waals surface area contributed by atoms with Crippen LogP contribution in [0.2, 0.25) is 5.15 Å². The minimum absolute atomic E-state index is 0.122. The van der Waals surface area contributed by atoms with E-state index in [4.69, 9.17) is 17.3 Å². The van der Waals surface area contributed by atoms with Crippen LogP contribution in [-0.2, 0) is 12.5 Å². The Morgan fingerprint density at radius 3 is 2.78 bits per heavy atom. The number of nitrogens with two attached hydrogens (primary N) is 1. The number of halogens is 1. The topological polar surface area (TPSA) is 43.8 Å². The summed E-state index contributed by atoms with van der Waals surface area (Å²) in [6.45, 7) is 0.703. The molecule has 0 unspecified atom stereocenters. The molecular formula is C14H18ClN3. The van der Waals surface area contributed by atoms with Gasteiger partial charge in [-0.25, -0.2) is 0 Å². The molecule has 3 nitrogen and oxygen atoms in total. The summed E-state index contributed by atoms with van der Waals surface area (Å²) in [4.78, 5) is 0. The summed E-state index contributed by atoms with van der Waals surface area (Å²) >= 11 is 6.18. The number of fused-ring (bicyclic) bond motifs is 1. The fourth-order valence-corrected chi connectivity index (χ4v) is 3.62. The highest BCUT2D eigenvalue weighted by molar-refractivity contribution is 6.34. The first-order chi connectivity index (χ1) is 8.68. The highest BCUT2D eigenvalue weighted by Gasteiger charge is 2.36. The molecule has 2 aromatic rings. The third-order valence-corrected chi connectivity index (χ3v) is 4.62. The standard InChI is InChI=1S/C14H18ClN3/c1-18-12-10(13(15)17-18)5-4-6-11(12)14(9-16)7-2-3-8-14/h4-6H,2-3,7-9,16H2,1H3. The number of rotatable bonds is 2. The number of hydrogen-bond donors (Lipinski definition) is 1. The number of para-hydroxylation sites is 1. The van der Waals surface area contributed by atoms with Crippen LogP contribution in [0.4, 0.5) is 0 Å². The van der Waals surface area contributed by atoms with Crippen LogP contribution in [0, 0.1) is 0 Å². The van der Waals surface area contributed by atoms with Gasteiger partial charge in [0.05, 0.1) is 5.52 Å². The molecule has 1 aromatic carbocycles. The van der Waals surface area contributed by atoms with E-state index < -0.39 is 0 Å². The summed E-state index contributed by atoms with van der Waals surface area (Å²) < 4.78 is 1.89. The van der Waals surface area contributed by atoms with Gasteiger partial charge in [-0.15, -0.1) is 0 Å². The van der Waals surface area contributed by atoms with Crippen molar-refractivity contribution in [1.29, 1.82) is 0 Å². The van der Waals surface area contributed by atoms with Crippen molar-refractivity contribution >= 4 is 22.5 Å². The van der Waals surface area contributed by atoms with Gasteiger partial charge in [0.15, 0.2) is 5.15 Å². The summed E-state index contributed by atoms with van der Waals surface area (Å²) in [5.74, 6) is 0. The van der Waals surface area contributed by atoms with Crippen molar-refractivity contribution in [2.75, 3.05) is 6.54 Å². The lowest BCUT2D eigenvalue weighted by Crippen LogP contribution is -2.32. The van der Waals surface area contributed by atoms with Crippen LogP contribution in [0.15, 0.2) is 18.2 Å². The summed E-state index contributed by atoms with van der Waals surface area (Å²) in [6, 6.07) is 6.30. The average molecular weight is 264 g/mol. The zero-order chi connectivity index (χ0) is 12.8. The predicted octanol–water partition coefficient (Wildman–Crippen LogP) is 3.00. The fraction of sp³-hybridized carbons (Fsp3) is 0.500. The van der Waals surface area contributed by atoms with Crippen molar-refractivity contribution in [2.45, 2.75) is 31.1 Å². The van der Waals surface area contributed by atoms with Gasteiger partial charge in [0.1, 0.15) is 0 Å². The van der Waals surface area contributed by atoms with E-state index in [1.165, 1.54) is 31.2 Å². The van der Waals surface area contributed by atoms with E-state index >= 15 is 0 Å². The second-order valence-corrected chi connectivity index (χ2v) is 5.67. The van der Waals surface area contributed by atoms with E-state index in [1.807, 2.05) is 17.8 Å². The molecule has 0 amide bonds. The highest BCUT2D eigenvalue weighted by Crippen LogP contribution is 2.43. The quantitative estimate of drug-likeness (QED) is 0.905. The number of aromatic nitrogens is 2. The third kappa shape index (κ3) is 1.57. The van der Waals surface area contributed by atoms with E-state index in [0.717, 1.165) is 10.9 Å². The van der Waals surface area contributed by atoms with Crippen LogP contribution >= 0.6 is 11.6 Å². The zero-order valence-electron chi connectivity index (χ0n) is 10.6. The molecule has 0 spiro atoms. The minimum Gasteiger partial charge on any atom is -0.330 e. The second-order valence-electron chi connectivity index (χ2n) is 5.31. The average Bonchev–Trinajstić information content (AvgIpc) is 2.97. The normalized spacial score (nSPS) is 18.6. The van der Waals surface area contributed by atoms with Crippen molar-refractivity contribution in [3.63, 3.8) is 0 Å². The first-order valence-corrected chi connectivity index (χ1v) is 6.87. The van der Waals surface area contributed by atoms with Gasteiger partial charge in [-0.1, -0.05) is 36.6 Å². The van der Waals surface area contributed by atoms with Crippen LogP contribution in [0.1, 0.15) is 31.2 Å². The lowest BCUT2D eigenvalue weighted by Gasteiger charge is -2.28. The van der Waals surface area contributed by atoms with Crippen LogP contribution in [0.25, 0.3) is 10.9 Å². The van der Waals surface area contributed by atoms with Gasteiger partial charge in [0.25, 0.3) is 0 Å². The molecule has 4 heteroatoms. The molecule has 1 aliphatic carbocycles. The number of hydrogen-bond acceptors (Lipinski definition) is 2. The summed E-state index contributed by atoms with van der Waals surface area (Å²) in [5, 5.41) is 5.95. The Hall–Kier alpha value is -1.06. The van der Waals surface area contributed by atoms with E-state index in [0.29, 0.717) is 11.7 Å². The molecule has 18 heavy (non-hydrogen) atoms. The molecule has 0 aliphatic heterocycles. The molecule has 2 N–H and O–H groups in total. The molecule has 1 aliphatic rings. The molecule has 1 saturated carbocycles. The molecule has 1 aromatic heterocycles. The summed E-state index contributed by atoms with van der Waals surface area (Å²) in [7, 11) is 1.96. The Labute approximate surface area is 112 Å². The number of benzene rings is 1. The van der Waals surface area contributed by atoms with Crippen molar-refractivity contribution in [2.24, 2.45) is 12.8 Å².